The van der Waals surface area contributed by atoms with Crippen molar-refractivity contribution in [3.8, 4) is 0 Å². The van der Waals surface area contributed by atoms with E-state index < -0.39 is 35.0 Å². The molecular weight excluding hydrogens is 290 g/mol. The standard InChI is InChI=1S/C15H25NO6/c1-3-10-12(20)16-15(13(21)22-14(10,15)2)11(19)9(8-18)6-4-5-7-17/h9-11,17-19H,3-8H2,1-2H3,(H,16,20)/t9?,10-,11-,14-,15-/m0/s1. The smallest absolute Gasteiger partial charge is 0.339 e. The van der Waals surface area contributed by atoms with Crippen molar-refractivity contribution in [3.63, 3.8) is 0 Å². The molecule has 1 amide bonds. The van der Waals surface area contributed by atoms with Gasteiger partial charge in [0.1, 0.15) is 0 Å². The number of esters is 1. The maximum atomic E-state index is 12.1. The predicted molar refractivity (Wildman–Crippen MR) is 76.7 cm³/mol. The van der Waals surface area contributed by atoms with Crippen LogP contribution in [0.2, 0.25) is 0 Å². The summed E-state index contributed by atoms with van der Waals surface area (Å²) in [6.45, 7) is 3.22. The van der Waals surface area contributed by atoms with Gasteiger partial charge in [-0.3, -0.25) is 4.79 Å². The molecule has 0 spiro atoms. The molecular formula is C15H25NO6. The molecule has 2 rings (SSSR count). The van der Waals surface area contributed by atoms with Gasteiger partial charge in [0, 0.05) is 19.1 Å². The molecule has 2 aliphatic heterocycles. The molecule has 0 radical (unpaired) electrons. The molecule has 2 saturated heterocycles. The quantitative estimate of drug-likeness (QED) is 0.349. The largest absolute Gasteiger partial charge is 0.453 e. The highest BCUT2D eigenvalue weighted by Gasteiger charge is 2.79. The highest BCUT2D eigenvalue weighted by atomic mass is 16.6. The van der Waals surface area contributed by atoms with E-state index in [0.29, 0.717) is 25.7 Å². The van der Waals surface area contributed by atoms with Gasteiger partial charge in [-0.15, -0.1) is 0 Å². The van der Waals surface area contributed by atoms with Crippen LogP contribution in [-0.4, -0.2) is 57.7 Å². The van der Waals surface area contributed by atoms with Crippen LogP contribution in [0.1, 0.15) is 39.5 Å². The minimum absolute atomic E-state index is 0.0355. The molecule has 22 heavy (non-hydrogen) atoms. The number of aliphatic hydroxyl groups excluding tert-OH is 3. The first-order valence-corrected chi connectivity index (χ1v) is 7.84. The number of ether oxygens (including phenoxy) is 1. The zero-order chi connectivity index (χ0) is 16.5. The minimum Gasteiger partial charge on any atom is -0.453 e. The Morgan fingerprint density at radius 1 is 1.32 bits per heavy atom. The van der Waals surface area contributed by atoms with E-state index in [-0.39, 0.29) is 19.1 Å². The summed E-state index contributed by atoms with van der Waals surface area (Å²) in [6.07, 6.45) is 0.908. The molecule has 4 N–H and O–H groups in total. The van der Waals surface area contributed by atoms with Crippen LogP contribution in [0.25, 0.3) is 0 Å². The van der Waals surface area contributed by atoms with Crippen molar-refractivity contribution in [2.45, 2.75) is 56.8 Å². The van der Waals surface area contributed by atoms with Gasteiger partial charge in [0.15, 0.2) is 5.60 Å². The number of hydrogen-bond acceptors (Lipinski definition) is 6. The van der Waals surface area contributed by atoms with Gasteiger partial charge < -0.3 is 25.4 Å². The fourth-order valence-electron chi connectivity index (χ4n) is 3.85. The number of unbranched alkanes of at least 4 members (excludes halogenated alkanes) is 1. The Morgan fingerprint density at radius 2 is 2.00 bits per heavy atom. The second kappa shape index (κ2) is 6.14. The summed E-state index contributed by atoms with van der Waals surface area (Å²) in [5.41, 5.74) is -2.56. The van der Waals surface area contributed by atoms with Crippen LogP contribution < -0.4 is 5.32 Å². The monoisotopic (exact) mass is 315 g/mol. The lowest BCUT2D eigenvalue weighted by Gasteiger charge is -2.54. The first-order valence-electron chi connectivity index (χ1n) is 7.84. The number of carbonyl (C=O) groups is 2. The van der Waals surface area contributed by atoms with Crippen molar-refractivity contribution in [1.29, 1.82) is 0 Å². The molecule has 0 aromatic carbocycles. The third-order valence-corrected chi connectivity index (χ3v) is 5.23. The number of amides is 1. The summed E-state index contributed by atoms with van der Waals surface area (Å²) in [6, 6.07) is 0. The van der Waals surface area contributed by atoms with Crippen LogP contribution >= 0.6 is 0 Å². The fourth-order valence-corrected chi connectivity index (χ4v) is 3.85. The number of carbonyl (C=O) groups excluding carboxylic acids is 2. The Morgan fingerprint density at radius 3 is 2.50 bits per heavy atom. The molecule has 2 heterocycles. The van der Waals surface area contributed by atoms with E-state index in [1.807, 2.05) is 6.92 Å². The van der Waals surface area contributed by atoms with E-state index in [0.717, 1.165) is 0 Å². The van der Waals surface area contributed by atoms with Gasteiger partial charge in [-0.25, -0.2) is 4.79 Å². The highest BCUT2D eigenvalue weighted by molar-refractivity contribution is 6.01. The topological polar surface area (TPSA) is 116 Å². The van der Waals surface area contributed by atoms with Gasteiger partial charge in [-0.2, -0.15) is 0 Å². The van der Waals surface area contributed by atoms with E-state index in [2.05, 4.69) is 5.32 Å². The number of fused-ring (bicyclic) bond motifs is 1. The normalized spacial score (nSPS) is 36.1. The molecule has 0 aromatic rings. The number of nitrogens with one attached hydrogen (secondary N) is 1. The molecule has 1 unspecified atom stereocenters. The zero-order valence-electron chi connectivity index (χ0n) is 13.0. The number of aliphatic hydroxyl groups is 3. The van der Waals surface area contributed by atoms with E-state index in [1.165, 1.54) is 0 Å². The number of hydrogen-bond donors (Lipinski definition) is 4. The average molecular weight is 315 g/mol. The molecule has 126 valence electrons. The Labute approximate surface area is 129 Å². The van der Waals surface area contributed by atoms with Crippen LogP contribution in [0.15, 0.2) is 0 Å². The molecule has 0 aliphatic carbocycles. The fraction of sp³-hybridized carbons (Fsp3) is 0.867. The third-order valence-electron chi connectivity index (χ3n) is 5.23. The predicted octanol–water partition coefficient (Wildman–Crippen LogP) is -0.671. The average Bonchev–Trinajstić information content (AvgIpc) is 2.66. The Kier molecular flexibility index (Phi) is 4.79. The van der Waals surface area contributed by atoms with Crippen molar-refractivity contribution >= 4 is 11.9 Å². The summed E-state index contributed by atoms with van der Waals surface area (Å²) in [5, 5.41) is 31.7. The first kappa shape index (κ1) is 17.2. The minimum atomic E-state index is -1.47. The van der Waals surface area contributed by atoms with E-state index in [4.69, 9.17) is 9.84 Å². The molecule has 7 nitrogen and oxygen atoms in total. The maximum Gasteiger partial charge on any atom is 0.339 e. The Balaban J connectivity index is 2.24. The van der Waals surface area contributed by atoms with E-state index >= 15 is 0 Å². The van der Waals surface area contributed by atoms with Gasteiger partial charge >= 0.3 is 5.97 Å². The van der Waals surface area contributed by atoms with Gasteiger partial charge in [0.2, 0.25) is 11.4 Å². The van der Waals surface area contributed by atoms with Crippen LogP contribution in [0.4, 0.5) is 0 Å². The SMILES string of the molecule is CC[C@H]1C(=O)N[C@@]2([C@@H](O)C(CO)CCCCO)C(=O)O[C@@]12C. The summed E-state index contributed by atoms with van der Waals surface area (Å²) >= 11 is 0. The molecule has 2 fully saturated rings. The van der Waals surface area contributed by atoms with Gasteiger partial charge in [-0.05, 0) is 26.2 Å². The summed E-state index contributed by atoms with van der Waals surface area (Å²) < 4.78 is 5.27. The number of rotatable bonds is 8. The lowest BCUT2D eigenvalue weighted by molar-refractivity contribution is -0.240. The van der Waals surface area contributed by atoms with Crippen LogP contribution in [-0.2, 0) is 14.3 Å². The van der Waals surface area contributed by atoms with Crippen molar-refractivity contribution in [1.82, 2.24) is 5.32 Å². The molecule has 5 atom stereocenters. The van der Waals surface area contributed by atoms with Gasteiger partial charge in [-0.1, -0.05) is 13.3 Å². The Hall–Kier alpha value is -1.18. The van der Waals surface area contributed by atoms with Gasteiger partial charge in [0.25, 0.3) is 0 Å². The van der Waals surface area contributed by atoms with Crippen molar-refractivity contribution in [2.75, 3.05) is 13.2 Å². The van der Waals surface area contributed by atoms with E-state index in [9.17, 15) is 19.8 Å². The zero-order valence-corrected chi connectivity index (χ0v) is 13.0. The third kappa shape index (κ3) is 2.14. The second-order valence-electron chi connectivity index (χ2n) is 6.36. The molecule has 2 aliphatic rings. The first-order chi connectivity index (χ1) is 10.4. The summed E-state index contributed by atoms with van der Waals surface area (Å²) in [4.78, 5) is 24.3. The van der Waals surface area contributed by atoms with Crippen molar-refractivity contribution in [3.05, 3.63) is 0 Å². The van der Waals surface area contributed by atoms with Crippen LogP contribution in [0.3, 0.4) is 0 Å². The summed E-state index contributed by atoms with van der Waals surface area (Å²) in [7, 11) is 0. The molecule has 0 aromatic heterocycles. The van der Waals surface area contributed by atoms with Crippen molar-refractivity contribution < 1.29 is 29.6 Å². The van der Waals surface area contributed by atoms with Crippen molar-refractivity contribution in [2.24, 2.45) is 11.8 Å². The molecule has 0 bridgehead atoms. The Bertz CT molecular complexity index is 455. The maximum absolute atomic E-state index is 12.1. The van der Waals surface area contributed by atoms with Crippen LogP contribution in [0.5, 0.6) is 0 Å². The van der Waals surface area contributed by atoms with Crippen LogP contribution in [0, 0.1) is 11.8 Å². The summed E-state index contributed by atoms with van der Waals surface area (Å²) in [5.74, 6) is -2.01. The molecule has 7 heteroatoms. The van der Waals surface area contributed by atoms with Gasteiger partial charge in [0.05, 0.1) is 12.0 Å². The van der Waals surface area contributed by atoms with E-state index in [1.54, 1.807) is 6.92 Å². The highest BCUT2D eigenvalue weighted by Crippen LogP contribution is 2.52. The molecule has 0 saturated carbocycles. The lowest BCUT2D eigenvalue weighted by Crippen LogP contribution is -2.80. The second-order valence-corrected chi connectivity index (χ2v) is 6.36. The lowest BCUT2D eigenvalue weighted by atomic mass is 9.65.